The molecule has 17 heavy (non-hydrogen) atoms. The van der Waals surface area contributed by atoms with Crippen molar-refractivity contribution in [3.8, 4) is 0 Å². The maximum absolute atomic E-state index is 11.7. The molecule has 1 aliphatic carbocycles. The first-order valence-corrected chi connectivity index (χ1v) is 6.18. The van der Waals surface area contributed by atoms with Crippen LogP contribution < -0.4 is 0 Å². The summed E-state index contributed by atoms with van der Waals surface area (Å²) in [5, 5.41) is 0. The molecule has 1 amide bonds. The van der Waals surface area contributed by atoms with Crippen molar-refractivity contribution in [2.45, 2.75) is 39.2 Å². The summed E-state index contributed by atoms with van der Waals surface area (Å²) in [5.41, 5.74) is 0. The molecule has 1 rings (SSSR count). The van der Waals surface area contributed by atoms with E-state index >= 15 is 0 Å². The van der Waals surface area contributed by atoms with Gasteiger partial charge in [-0.1, -0.05) is 6.42 Å². The lowest BCUT2D eigenvalue weighted by Crippen LogP contribution is -2.42. The minimum Gasteiger partial charge on any atom is -0.466 e. The third-order valence-corrected chi connectivity index (χ3v) is 3.12. The molecular formula is C12H21NO4. The highest BCUT2D eigenvalue weighted by molar-refractivity contribution is 5.75. The summed E-state index contributed by atoms with van der Waals surface area (Å²) in [5.74, 6) is -0.407. The summed E-state index contributed by atoms with van der Waals surface area (Å²) in [7, 11) is 1.68. The van der Waals surface area contributed by atoms with Gasteiger partial charge < -0.3 is 14.4 Å². The van der Waals surface area contributed by atoms with Gasteiger partial charge in [0.1, 0.15) is 0 Å². The van der Waals surface area contributed by atoms with Crippen LogP contribution in [0, 0.1) is 5.92 Å². The Labute approximate surface area is 102 Å². The van der Waals surface area contributed by atoms with Crippen molar-refractivity contribution in [1.29, 1.82) is 0 Å². The van der Waals surface area contributed by atoms with Crippen LogP contribution in [0.5, 0.6) is 0 Å². The highest BCUT2D eigenvalue weighted by Gasteiger charge is 2.38. The van der Waals surface area contributed by atoms with Crippen LogP contribution >= 0.6 is 0 Å². The van der Waals surface area contributed by atoms with E-state index in [1.165, 1.54) is 4.90 Å². The molecule has 5 heteroatoms. The maximum Gasteiger partial charge on any atom is 0.409 e. The first-order chi connectivity index (χ1) is 8.11. The molecule has 0 heterocycles. The highest BCUT2D eigenvalue weighted by atomic mass is 16.6. The van der Waals surface area contributed by atoms with Gasteiger partial charge in [0, 0.05) is 13.1 Å². The monoisotopic (exact) mass is 243 g/mol. The van der Waals surface area contributed by atoms with Crippen molar-refractivity contribution in [2.75, 3.05) is 20.3 Å². The van der Waals surface area contributed by atoms with Crippen molar-refractivity contribution < 1.29 is 19.1 Å². The zero-order valence-electron chi connectivity index (χ0n) is 10.8. The molecule has 1 fully saturated rings. The second-order valence-corrected chi connectivity index (χ2v) is 4.17. The molecule has 0 aromatic rings. The van der Waals surface area contributed by atoms with Crippen molar-refractivity contribution in [2.24, 2.45) is 5.92 Å². The number of nitrogens with zero attached hydrogens (tertiary/aromatic N) is 1. The van der Waals surface area contributed by atoms with Gasteiger partial charge in [-0.3, -0.25) is 4.79 Å². The molecule has 0 aromatic heterocycles. The van der Waals surface area contributed by atoms with Gasteiger partial charge in [0.05, 0.1) is 19.1 Å². The number of hydrogen-bond acceptors (Lipinski definition) is 4. The van der Waals surface area contributed by atoms with Gasteiger partial charge in [-0.2, -0.15) is 0 Å². The maximum atomic E-state index is 11.7. The molecule has 0 radical (unpaired) electrons. The summed E-state index contributed by atoms with van der Waals surface area (Å²) in [6.45, 7) is 4.28. The number of esters is 1. The highest BCUT2D eigenvalue weighted by Crippen LogP contribution is 2.30. The quantitative estimate of drug-likeness (QED) is 0.706. The van der Waals surface area contributed by atoms with Gasteiger partial charge in [0.15, 0.2) is 0 Å². The number of carbonyl (C=O) groups excluding carboxylic acids is 2. The average Bonchev–Trinajstić information content (AvgIpc) is 2.77. The van der Waals surface area contributed by atoms with Crippen molar-refractivity contribution in [3.05, 3.63) is 0 Å². The molecule has 0 saturated heterocycles. The van der Waals surface area contributed by atoms with E-state index in [0.717, 1.165) is 19.3 Å². The van der Waals surface area contributed by atoms with Crippen LogP contribution in [0.15, 0.2) is 0 Å². The molecule has 0 aliphatic heterocycles. The Balaban J connectivity index is 2.62. The molecule has 5 nitrogen and oxygen atoms in total. The van der Waals surface area contributed by atoms with Gasteiger partial charge in [-0.05, 0) is 26.7 Å². The predicted octanol–water partition coefficient (Wildman–Crippen LogP) is 1.81. The van der Waals surface area contributed by atoms with Gasteiger partial charge >= 0.3 is 12.1 Å². The first kappa shape index (κ1) is 13.8. The number of rotatable bonds is 4. The van der Waals surface area contributed by atoms with Gasteiger partial charge in [0.2, 0.25) is 0 Å². The topological polar surface area (TPSA) is 55.8 Å². The van der Waals surface area contributed by atoms with Crippen LogP contribution in [0.2, 0.25) is 0 Å². The molecule has 0 spiro atoms. The van der Waals surface area contributed by atoms with E-state index in [9.17, 15) is 9.59 Å². The number of ether oxygens (including phenoxy) is 2. The van der Waals surface area contributed by atoms with Crippen LogP contribution in [0.25, 0.3) is 0 Å². The van der Waals surface area contributed by atoms with E-state index in [-0.39, 0.29) is 24.0 Å². The van der Waals surface area contributed by atoms with Gasteiger partial charge in [-0.25, -0.2) is 4.79 Å². The zero-order valence-corrected chi connectivity index (χ0v) is 10.8. The molecule has 0 bridgehead atoms. The zero-order chi connectivity index (χ0) is 12.8. The predicted molar refractivity (Wildman–Crippen MR) is 62.5 cm³/mol. The van der Waals surface area contributed by atoms with Crippen LogP contribution in [0.3, 0.4) is 0 Å². The lowest BCUT2D eigenvalue weighted by molar-refractivity contribution is -0.149. The molecule has 1 saturated carbocycles. The van der Waals surface area contributed by atoms with E-state index in [4.69, 9.17) is 9.47 Å². The fraction of sp³-hybridized carbons (Fsp3) is 0.833. The Morgan fingerprint density at radius 1 is 1.18 bits per heavy atom. The molecular weight excluding hydrogens is 222 g/mol. The van der Waals surface area contributed by atoms with E-state index in [2.05, 4.69) is 0 Å². The smallest absolute Gasteiger partial charge is 0.409 e. The minimum absolute atomic E-state index is 0.0897. The second-order valence-electron chi connectivity index (χ2n) is 4.17. The van der Waals surface area contributed by atoms with Crippen molar-refractivity contribution in [3.63, 3.8) is 0 Å². The number of hydrogen-bond donors (Lipinski definition) is 0. The molecule has 2 atom stereocenters. The first-order valence-electron chi connectivity index (χ1n) is 6.18. The Hall–Kier alpha value is -1.26. The Kier molecular flexibility index (Phi) is 5.25. The average molecular weight is 243 g/mol. The van der Waals surface area contributed by atoms with Crippen LogP contribution in [0.4, 0.5) is 4.79 Å². The third kappa shape index (κ3) is 3.35. The van der Waals surface area contributed by atoms with Crippen molar-refractivity contribution in [1.82, 2.24) is 4.90 Å². The fourth-order valence-corrected chi connectivity index (χ4v) is 2.29. The van der Waals surface area contributed by atoms with E-state index in [1.807, 2.05) is 0 Å². The van der Waals surface area contributed by atoms with Crippen LogP contribution in [0.1, 0.15) is 33.1 Å². The minimum atomic E-state index is -0.367. The molecule has 0 aromatic carbocycles. The lowest BCUT2D eigenvalue weighted by Gasteiger charge is -2.27. The van der Waals surface area contributed by atoms with E-state index in [0.29, 0.717) is 13.2 Å². The molecule has 98 valence electrons. The summed E-state index contributed by atoms with van der Waals surface area (Å²) in [6, 6.07) is -0.0897. The third-order valence-electron chi connectivity index (χ3n) is 3.12. The van der Waals surface area contributed by atoms with Gasteiger partial charge in [0.25, 0.3) is 0 Å². The van der Waals surface area contributed by atoms with Crippen molar-refractivity contribution >= 4 is 12.1 Å². The standard InChI is InChI=1S/C12H21NO4/c1-4-16-11(14)9-7-6-8-10(9)13(3)12(15)17-5-2/h9-10H,4-8H2,1-3H3. The normalized spacial score (nSPS) is 23.2. The molecule has 0 N–H and O–H groups in total. The number of amides is 1. The van der Waals surface area contributed by atoms with Crippen LogP contribution in [-0.4, -0.2) is 43.3 Å². The SMILES string of the molecule is CCOC(=O)C1CCCC1N(C)C(=O)OCC. The van der Waals surface area contributed by atoms with E-state index < -0.39 is 0 Å². The molecule has 2 unspecified atom stereocenters. The number of carbonyl (C=O) groups is 2. The Morgan fingerprint density at radius 2 is 1.82 bits per heavy atom. The Bertz CT molecular complexity index is 280. The van der Waals surface area contributed by atoms with Crippen LogP contribution in [-0.2, 0) is 14.3 Å². The Morgan fingerprint density at radius 3 is 2.41 bits per heavy atom. The largest absolute Gasteiger partial charge is 0.466 e. The summed E-state index contributed by atoms with van der Waals surface area (Å²) in [6.07, 6.45) is 2.19. The second kappa shape index (κ2) is 6.47. The summed E-state index contributed by atoms with van der Waals surface area (Å²) in [4.78, 5) is 24.9. The summed E-state index contributed by atoms with van der Waals surface area (Å²) < 4.78 is 9.97. The summed E-state index contributed by atoms with van der Waals surface area (Å²) >= 11 is 0. The van der Waals surface area contributed by atoms with Gasteiger partial charge in [-0.15, -0.1) is 0 Å². The molecule has 1 aliphatic rings. The van der Waals surface area contributed by atoms with E-state index in [1.54, 1.807) is 20.9 Å². The lowest BCUT2D eigenvalue weighted by atomic mass is 10.0. The fourth-order valence-electron chi connectivity index (χ4n) is 2.29.